The molecule has 1 saturated carbocycles. The van der Waals surface area contributed by atoms with Crippen molar-refractivity contribution in [3.8, 4) is 0 Å². The van der Waals surface area contributed by atoms with Crippen molar-refractivity contribution < 1.29 is 19.0 Å². The summed E-state index contributed by atoms with van der Waals surface area (Å²) in [5.74, 6) is -0.153. The van der Waals surface area contributed by atoms with Gasteiger partial charge in [-0.05, 0) is 38.5 Å². The Hall–Kier alpha value is -0.650. The Balaban J connectivity index is 1.93. The Bertz CT molecular complexity index is 294. The molecule has 2 fully saturated rings. The smallest absolute Gasteiger partial charge is 0.326 e. The van der Waals surface area contributed by atoms with Gasteiger partial charge in [0.25, 0.3) is 0 Å². The van der Waals surface area contributed by atoms with Crippen molar-refractivity contribution in [1.29, 1.82) is 0 Å². The summed E-state index contributed by atoms with van der Waals surface area (Å²) >= 11 is 0. The van der Waals surface area contributed by atoms with Gasteiger partial charge in [0.15, 0.2) is 0 Å². The average molecular weight is 271 g/mol. The largest absolute Gasteiger partial charge is 0.468 e. The van der Waals surface area contributed by atoms with E-state index in [1.807, 2.05) is 0 Å². The Kier molecular flexibility index (Phi) is 5.19. The highest BCUT2D eigenvalue weighted by atomic mass is 16.5. The third kappa shape index (κ3) is 3.46. The number of esters is 1. The van der Waals surface area contributed by atoms with Crippen LogP contribution < -0.4 is 5.32 Å². The minimum atomic E-state index is -0.546. The van der Waals surface area contributed by atoms with Gasteiger partial charge in [-0.25, -0.2) is 0 Å². The van der Waals surface area contributed by atoms with Crippen LogP contribution in [0.25, 0.3) is 0 Å². The van der Waals surface area contributed by atoms with Gasteiger partial charge in [0.05, 0.1) is 19.3 Å². The van der Waals surface area contributed by atoms with Crippen LogP contribution >= 0.6 is 0 Å². The molecule has 5 heteroatoms. The van der Waals surface area contributed by atoms with E-state index < -0.39 is 5.54 Å². The number of nitrogens with one attached hydrogen (secondary N) is 1. The van der Waals surface area contributed by atoms with Crippen LogP contribution in [0.5, 0.6) is 0 Å². The lowest BCUT2D eigenvalue weighted by Crippen LogP contribution is -2.57. The number of rotatable bonds is 5. The molecule has 5 nitrogen and oxygen atoms in total. The first-order valence-corrected chi connectivity index (χ1v) is 7.18. The van der Waals surface area contributed by atoms with Crippen LogP contribution in [0.3, 0.4) is 0 Å². The summed E-state index contributed by atoms with van der Waals surface area (Å²) in [4.78, 5) is 12.1. The molecule has 0 aromatic heterocycles. The predicted octanol–water partition coefficient (Wildman–Crippen LogP) is 1.26. The maximum Gasteiger partial charge on any atom is 0.326 e. The van der Waals surface area contributed by atoms with Crippen LogP contribution in [0.1, 0.15) is 38.5 Å². The van der Waals surface area contributed by atoms with Crippen LogP contribution in [-0.4, -0.2) is 51.1 Å². The number of hydrogen-bond acceptors (Lipinski definition) is 5. The maximum absolute atomic E-state index is 12.1. The lowest BCUT2D eigenvalue weighted by atomic mass is 9.80. The van der Waals surface area contributed by atoms with E-state index in [-0.39, 0.29) is 18.2 Å². The van der Waals surface area contributed by atoms with Gasteiger partial charge in [0.2, 0.25) is 0 Å². The first kappa shape index (κ1) is 14.8. The van der Waals surface area contributed by atoms with E-state index in [4.69, 9.17) is 14.2 Å². The Morgan fingerprint density at radius 1 is 1.32 bits per heavy atom. The monoisotopic (exact) mass is 271 g/mol. The summed E-state index contributed by atoms with van der Waals surface area (Å²) in [6.07, 6.45) is 6.02. The second-order valence-corrected chi connectivity index (χ2v) is 5.52. The quantitative estimate of drug-likeness (QED) is 0.763. The van der Waals surface area contributed by atoms with E-state index in [1.54, 1.807) is 7.11 Å². The highest BCUT2D eigenvalue weighted by Crippen LogP contribution is 2.31. The molecule has 2 aliphatic rings. The number of carbonyl (C=O) groups is 1. The van der Waals surface area contributed by atoms with E-state index in [2.05, 4.69) is 5.32 Å². The van der Waals surface area contributed by atoms with Gasteiger partial charge in [-0.1, -0.05) is 0 Å². The van der Waals surface area contributed by atoms with Gasteiger partial charge in [0, 0.05) is 20.3 Å². The highest BCUT2D eigenvalue weighted by molar-refractivity contribution is 5.80. The first-order chi connectivity index (χ1) is 9.20. The second-order valence-electron chi connectivity index (χ2n) is 5.52. The number of carbonyl (C=O) groups excluding carboxylic acids is 1. The van der Waals surface area contributed by atoms with Crippen molar-refractivity contribution >= 4 is 5.97 Å². The maximum atomic E-state index is 12.1. The van der Waals surface area contributed by atoms with E-state index >= 15 is 0 Å². The molecule has 2 rings (SSSR count). The molecule has 0 aromatic carbocycles. The van der Waals surface area contributed by atoms with E-state index in [9.17, 15) is 4.79 Å². The fraction of sp³-hybridized carbons (Fsp3) is 0.929. The molecule has 1 aliphatic heterocycles. The van der Waals surface area contributed by atoms with Crippen molar-refractivity contribution in [2.75, 3.05) is 27.4 Å². The minimum absolute atomic E-state index is 0.153. The van der Waals surface area contributed by atoms with Gasteiger partial charge in [0.1, 0.15) is 5.54 Å². The molecule has 1 heterocycles. The Morgan fingerprint density at radius 2 is 2.05 bits per heavy atom. The third-order valence-corrected chi connectivity index (χ3v) is 4.39. The Morgan fingerprint density at radius 3 is 2.58 bits per heavy atom. The predicted molar refractivity (Wildman–Crippen MR) is 71.0 cm³/mol. The minimum Gasteiger partial charge on any atom is -0.468 e. The molecule has 19 heavy (non-hydrogen) atoms. The molecular weight excluding hydrogens is 246 g/mol. The third-order valence-electron chi connectivity index (χ3n) is 4.39. The molecule has 1 N–H and O–H groups in total. The summed E-state index contributed by atoms with van der Waals surface area (Å²) in [5.41, 5.74) is -0.546. The van der Waals surface area contributed by atoms with Crippen molar-refractivity contribution in [1.82, 2.24) is 5.32 Å². The topological polar surface area (TPSA) is 56.8 Å². The molecule has 110 valence electrons. The van der Waals surface area contributed by atoms with Crippen molar-refractivity contribution in [3.63, 3.8) is 0 Å². The van der Waals surface area contributed by atoms with Crippen molar-refractivity contribution in [3.05, 3.63) is 0 Å². The van der Waals surface area contributed by atoms with Gasteiger partial charge in [-0.15, -0.1) is 0 Å². The molecule has 0 radical (unpaired) electrons. The number of hydrogen-bond donors (Lipinski definition) is 1. The normalized spacial score (nSPS) is 35.3. The molecule has 0 aromatic rings. The summed E-state index contributed by atoms with van der Waals surface area (Å²) in [7, 11) is 3.19. The molecule has 1 atom stereocenters. The summed E-state index contributed by atoms with van der Waals surface area (Å²) in [6, 6.07) is 0. The van der Waals surface area contributed by atoms with Crippen LogP contribution in [0.2, 0.25) is 0 Å². The Labute approximate surface area is 115 Å². The van der Waals surface area contributed by atoms with Crippen molar-refractivity contribution in [2.24, 2.45) is 0 Å². The van der Waals surface area contributed by atoms with E-state index in [1.165, 1.54) is 7.11 Å². The zero-order valence-electron chi connectivity index (χ0n) is 11.9. The summed E-state index contributed by atoms with van der Waals surface area (Å²) in [6.45, 7) is 1.57. The van der Waals surface area contributed by atoms with Crippen LogP contribution in [-0.2, 0) is 19.0 Å². The molecule has 1 saturated heterocycles. The zero-order chi connectivity index (χ0) is 13.7. The molecular formula is C14H25NO4. The molecule has 1 aliphatic carbocycles. The fourth-order valence-corrected chi connectivity index (χ4v) is 3.08. The summed E-state index contributed by atoms with van der Waals surface area (Å²) < 4.78 is 16.0. The van der Waals surface area contributed by atoms with Gasteiger partial charge >= 0.3 is 5.97 Å². The van der Waals surface area contributed by atoms with Crippen LogP contribution in [0, 0.1) is 0 Å². The van der Waals surface area contributed by atoms with Crippen LogP contribution in [0.15, 0.2) is 0 Å². The average Bonchev–Trinajstić information content (AvgIpc) is 2.98. The molecule has 0 amide bonds. The number of ether oxygens (including phenoxy) is 3. The van der Waals surface area contributed by atoms with Gasteiger partial charge < -0.3 is 14.2 Å². The van der Waals surface area contributed by atoms with Gasteiger partial charge in [-0.2, -0.15) is 0 Å². The second kappa shape index (κ2) is 6.68. The fourth-order valence-electron chi connectivity index (χ4n) is 3.08. The highest BCUT2D eigenvalue weighted by Gasteiger charge is 2.43. The number of methoxy groups -OCH3 is 2. The van der Waals surface area contributed by atoms with Crippen molar-refractivity contribution in [2.45, 2.75) is 56.3 Å². The molecule has 0 spiro atoms. The van der Waals surface area contributed by atoms with E-state index in [0.29, 0.717) is 0 Å². The molecule has 1 unspecified atom stereocenters. The standard InChI is InChI=1S/C14H25NO4/c1-17-11-5-7-14(8-6-11,13(16)18-2)15-10-12-4-3-9-19-12/h11-12,15H,3-10H2,1-2H3. The lowest BCUT2D eigenvalue weighted by Gasteiger charge is -2.38. The van der Waals surface area contributed by atoms with Crippen LogP contribution in [0.4, 0.5) is 0 Å². The lowest BCUT2D eigenvalue weighted by molar-refractivity contribution is -0.151. The SMILES string of the molecule is COC(=O)C1(NCC2CCCO2)CCC(OC)CC1. The summed E-state index contributed by atoms with van der Waals surface area (Å²) in [5, 5.41) is 3.42. The molecule has 0 bridgehead atoms. The zero-order valence-corrected chi connectivity index (χ0v) is 11.9. The van der Waals surface area contributed by atoms with E-state index in [0.717, 1.165) is 51.7 Å². The first-order valence-electron chi connectivity index (χ1n) is 7.18. The van der Waals surface area contributed by atoms with Gasteiger partial charge in [-0.3, -0.25) is 10.1 Å².